The smallest absolute Gasteiger partial charge is 0.0602 e. The molecule has 2 heteroatoms. The van der Waals surface area contributed by atoms with Gasteiger partial charge in [0.1, 0.15) is 0 Å². The number of aryl methyl sites for hydroxylation is 1. The maximum absolute atomic E-state index is 6.11. The molecule has 0 aromatic carbocycles. The predicted molar refractivity (Wildman–Crippen MR) is 60.0 cm³/mol. The molecule has 1 aromatic rings. The summed E-state index contributed by atoms with van der Waals surface area (Å²) in [6.45, 7) is 6.52. The Kier molecular flexibility index (Phi) is 4.08. The Morgan fingerprint density at radius 3 is 2.71 bits per heavy atom. The Hall–Kier alpha value is -0.890. The van der Waals surface area contributed by atoms with E-state index >= 15 is 0 Å². The van der Waals surface area contributed by atoms with E-state index in [-0.39, 0.29) is 6.04 Å². The molecule has 1 heterocycles. The highest BCUT2D eigenvalue weighted by atomic mass is 14.8. The van der Waals surface area contributed by atoms with Crippen molar-refractivity contribution in [3.05, 3.63) is 29.6 Å². The van der Waals surface area contributed by atoms with Crippen LogP contribution in [0, 0.1) is 5.92 Å². The van der Waals surface area contributed by atoms with E-state index < -0.39 is 0 Å². The van der Waals surface area contributed by atoms with Gasteiger partial charge in [-0.05, 0) is 30.4 Å². The molecular weight excluding hydrogens is 172 g/mol. The van der Waals surface area contributed by atoms with Gasteiger partial charge in [-0.2, -0.15) is 0 Å². The molecule has 0 aliphatic carbocycles. The van der Waals surface area contributed by atoms with Crippen LogP contribution in [0.3, 0.4) is 0 Å². The molecule has 78 valence electrons. The molecule has 0 aliphatic heterocycles. The normalized spacial score (nSPS) is 13.2. The Labute approximate surface area is 86.5 Å². The molecule has 0 bridgehead atoms. The lowest BCUT2D eigenvalue weighted by molar-refractivity contribution is 0.499. The van der Waals surface area contributed by atoms with Crippen LogP contribution < -0.4 is 5.73 Å². The van der Waals surface area contributed by atoms with Gasteiger partial charge in [-0.1, -0.05) is 26.8 Å². The van der Waals surface area contributed by atoms with Gasteiger partial charge in [0, 0.05) is 12.2 Å². The van der Waals surface area contributed by atoms with Crippen molar-refractivity contribution in [2.75, 3.05) is 0 Å². The van der Waals surface area contributed by atoms with E-state index in [2.05, 4.69) is 31.8 Å². The number of pyridine rings is 1. The van der Waals surface area contributed by atoms with Crippen molar-refractivity contribution < 1.29 is 0 Å². The van der Waals surface area contributed by atoms with E-state index in [1.165, 1.54) is 5.56 Å². The maximum atomic E-state index is 6.11. The third-order valence-corrected chi connectivity index (χ3v) is 2.38. The third kappa shape index (κ3) is 2.81. The van der Waals surface area contributed by atoms with E-state index in [1.807, 2.05) is 12.3 Å². The lowest BCUT2D eigenvalue weighted by Crippen LogP contribution is -2.16. The maximum Gasteiger partial charge on any atom is 0.0602 e. The van der Waals surface area contributed by atoms with Crippen LogP contribution in [0.4, 0.5) is 0 Å². The first-order valence-corrected chi connectivity index (χ1v) is 5.34. The van der Waals surface area contributed by atoms with Gasteiger partial charge >= 0.3 is 0 Å². The summed E-state index contributed by atoms with van der Waals surface area (Å²) in [4.78, 5) is 4.38. The first kappa shape index (κ1) is 11.2. The number of aromatic nitrogens is 1. The zero-order valence-corrected chi connectivity index (χ0v) is 9.33. The standard InChI is InChI=1S/C12H20N2/c1-4-10-6-5-7-14-12(10)11(13)8-9(2)3/h5-7,9,11H,4,8,13H2,1-3H3. The highest BCUT2D eigenvalue weighted by Crippen LogP contribution is 2.20. The Morgan fingerprint density at radius 1 is 1.43 bits per heavy atom. The van der Waals surface area contributed by atoms with Crippen LogP contribution in [0.15, 0.2) is 18.3 Å². The summed E-state index contributed by atoms with van der Waals surface area (Å²) in [5, 5.41) is 0. The third-order valence-electron chi connectivity index (χ3n) is 2.38. The molecule has 0 saturated carbocycles. The van der Waals surface area contributed by atoms with Gasteiger partial charge in [-0.3, -0.25) is 4.98 Å². The van der Waals surface area contributed by atoms with Crippen molar-refractivity contribution in [1.29, 1.82) is 0 Å². The molecule has 1 aromatic heterocycles. The fourth-order valence-electron chi connectivity index (χ4n) is 1.70. The van der Waals surface area contributed by atoms with Crippen molar-refractivity contribution in [3.63, 3.8) is 0 Å². The lowest BCUT2D eigenvalue weighted by atomic mass is 9.97. The van der Waals surface area contributed by atoms with Crippen LogP contribution in [-0.4, -0.2) is 4.98 Å². The summed E-state index contributed by atoms with van der Waals surface area (Å²) in [6, 6.07) is 4.18. The molecule has 0 fully saturated rings. The predicted octanol–water partition coefficient (Wildman–Crippen LogP) is 2.69. The van der Waals surface area contributed by atoms with Gasteiger partial charge in [-0.25, -0.2) is 0 Å². The van der Waals surface area contributed by atoms with Crippen molar-refractivity contribution in [2.45, 2.75) is 39.7 Å². The molecule has 1 rings (SSSR count). The van der Waals surface area contributed by atoms with E-state index in [4.69, 9.17) is 5.73 Å². The van der Waals surface area contributed by atoms with Crippen LogP contribution >= 0.6 is 0 Å². The number of hydrogen-bond donors (Lipinski definition) is 1. The van der Waals surface area contributed by atoms with Gasteiger partial charge in [0.25, 0.3) is 0 Å². The van der Waals surface area contributed by atoms with Gasteiger partial charge in [-0.15, -0.1) is 0 Å². The fourth-order valence-corrected chi connectivity index (χ4v) is 1.70. The van der Waals surface area contributed by atoms with Gasteiger partial charge in [0.2, 0.25) is 0 Å². The summed E-state index contributed by atoms with van der Waals surface area (Å²) < 4.78 is 0. The van der Waals surface area contributed by atoms with Crippen molar-refractivity contribution in [2.24, 2.45) is 11.7 Å². The summed E-state index contributed by atoms with van der Waals surface area (Å²) in [6.07, 6.45) is 3.84. The number of hydrogen-bond acceptors (Lipinski definition) is 2. The second kappa shape index (κ2) is 5.11. The monoisotopic (exact) mass is 192 g/mol. The first-order valence-electron chi connectivity index (χ1n) is 5.34. The fraction of sp³-hybridized carbons (Fsp3) is 0.583. The molecule has 0 amide bonds. The highest BCUT2D eigenvalue weighted by molar-refractivity contribution is 5.22. The average molecular weight is 192 g/mol. The molecule has 2 N–H and O–H groups in total. The van der Waals surface area contributed by atoms with E-state index in [0.717, 1.165) is 18.5 Å². The molecule has 0 aliphatic rings. The first-order chi connectivity index (χ1) is 6.65. The van der Waals surface area contributed by atoms with Gasteiger partial charge in [0.05, 0.1) is 5.69 Å². The molecular formula is C12H20N2. The molecule has 0 spiro atoms. The molecule has 2 nitrogen and oxygen atoms in total. The molecule has 0 saturated heterocycles. The molecule has 0 radical (unpaired) electrons. The van der Waals surface area contributed by atoms with Gasteiger partial charge < -0.3 is 5.73 Å². The molecule has 1 atom stereocenters. The van der Waals surface area contributed by atoms with Gasteiger partial charge in [0.15, 0.2) is 0 Å². The number of nitrogens with zero attached hydrogens (tertiary/aromatic N) is 1. The SMILES string of the molecule is CCc1cccnc1C(N)CC(C)C. The number of rotatable bonds is 4. The minimum atomic E-state index is 0.0890. The summed E-state index contributed by atoms with van der Waals surface area (Å²) >= 11 is 0. The summed E-state index contributed by atoms with van der Waals surface area (Å²) in [7, 11) is 0. The minimum absolute atomic E-state index is 0.0890. The Bertz CT molecular complexity index is 281. The largest absolute Gasteiger partial charge is 0.323 e. The zero-order chi connectivity index (χ0) is 10.6. The van der Waals surface area contributed by atoms with Crippen molar-refractivity contribution in [3.8, 4) is 0 Å². The zero-order valence-electron chi connectivity index (χ0n) is 9.33. The Balaban J connectivity index is 2.82. The second-order valence-corrected chi connectivity index (χ2v) is 4.14. The van der Waals surface area contributed by atoms with E-state index in [0.29, 0.717) is 5.92 Å². The van der Waals surface area contributed by atoms with E-state index in [1.54, 1.807) is 0 Å². The summed E-state index contributed by atoms with van der Waals surface area (Å²) in [5.74, 6) is 0.622. The minimum Gasteiger partial charge on any atom is -0.323 e. The molecule has 14 heavy (non-hydrogen) atoms. The number of nitrogens with two attached hydrogens (primary N) is 1. The van der Waals surface area contributed by atoms with Crippen molar-refractivity contribution >= 4 is 0 Å². The second-order valence-electron chi connectivity index (χ2n) is 4.14. The lowest BCUT2D eigenvalue weighted by Gasteiger charge is -2.16. The van der Waals surface area contributed by atoms with E-state index in [9.17, 15) is 0 Å². The Morgan fingerprint density at radius 2 is 2.14 bits per heavy atom. The topological polar surface area (TPSA) is 38.9 Å². The van der Waals surface area contributed by atoms with Crippen LogP contribution in [0.2, 0.25) is 0 Å². The quantitative estimate of drug-likeness (QED) is 0.796. The molecule has 1 unspecified atom stereocenters. The van der Waals surface area contributed by atoms with Crippen LogP contribution in [0.25, 0.3) is 0 Å². The summed E-state index contributed by atoms with van der Waals surface area (Å²) in [5.41, 5.74) is 8.46. The highest BCUT2D eigenvalue weighted by Gasteiger charge is 2.12. The van der Waals surface area contributed by atoms with Crippen LogP contribution in [0.1, 0.15) is 44.5 Å². The van der Waals surface area contributed by atoms with Crippen LogP contribution in [0.5, 0.6) is 0 Å². The average Bonchev–Trinajstić information content (AvgIpc) is 2.16. The van der Waals surface area contributed by atoms with Crippen LogP contribution in [-0.2, 0) is 6.42 Å². The van der Waals surface area contributed by atoms with Crippen molar-refractivity contribution in [1.82, 2.24) is 4.98 Å².